The van der Waals surface area contributed by atoms with Gasteiger partial charge in [0.2, 0.25) is 5.91 Å². The van der Waals surface area contributed by atoms with E-state index < -0.39 is 5.41 Å². The Hall–Kier alpha value is -2.33. The highest BCUT2D eigenvalue weighted by Crippen LogP contribution is 2.38. The summed E-state index contributed by atoms with van der Waals surface area (Å²) in [6.45, 7) is 8.50. The number of benzene rings is 2. The summed E-state index contributed by atoms with van der Waals surface area (Å²) in [5, 5.41) is 3.48. The zero-order chi connectivity index (χ0) is 19.4. The van der Waals surface area contributed by atoms with Crippen molar-refractivity contribution in [3.05, 3.63) is 65.7 Å². The zero-order valence-corrected chi connectivity index (χ0v) is 16.6. The van der Waals surface area contributed by atoms with Crippen molar-refractivity contribution in [2.45, 2.75) is 51.1 Å². The molecular weight excluding hydrogens is 334 g/mol. The summed E-state index contributed by atoms with van der Waals surface area (Å²) in [7, 11) is 0. The number of amides is 1. The SMILES string of the molecule is CCCC(C(N)=O)(c1ccccc1)c1cccc(N2C(C)CNCC2C)c1. The number of primary amides is 1. The van der Waals surface area contributed by atoms with Crippen molar-refractivity contribution >= 4 is 11.6 Å². The largest absolute Gasteiger partial charge is 0.369 e. The van der Waals surface area contributed by atoms with Gasteiger partial charge >= 0.3 is 0 Å². The first kappa shape index (κ1) is 19.4. The van der Waals surface area contributed by atoms with Gasteiger partial charge in [-0.3, -0.25) is 4.79 Å². The minimum absolute atomic E-state index is 0.283. The smallest absolute Gasteiger partial charge is 0.232 e. The fourth-order valence-corrected chi connectivity index (χ4v) is 4.53. The molecule has 0 aromatic heterocycles. The minimum Gasteiger partial charge on any atom is -0.369 e. The van der Waals surface area contributed by atoms with Gasteiger partial charge in [0, 0.05) is 30.9 Å². The lowest BCUT2D eigenvalue weighted by Crippen LogP contribution is -2.55. The van der Waals surface area contributed by atoms with Gasteiger partial charge in [0.05, 0.1) is 5.41 Å². The normalized spacial score (nSPS) is 22.3. The number of hydrogen-bond donors (Lipinski definition) is 2. The Balaban J connectivity index is 2.12. The molecule has 3 N–H and O–H groups in total. The van der Waals surface area contributed by atoms with Gasteiger partial charge < -0.3 is 16.0 Å². The average molecular weight is 366 g/mol. The summed E-state index contributed by atoms with van der Waals surface area (Å²) in [6.07, 6.45) is 1.57. The molecule has 2 aromatic carbocycles. The Morgan fingerprint density at radius 3 is 2.30 bits per heavy atom. The maximum atomic E-state index is 12.8. The summed E-state index contributed by atoms with van der Waals surface area (Å²) in [5.74, 6) is -0.283. The van der Waals surface area contributed by atoms with Gasteiger partial charge in [0.25, 0.3) is 0 Å². The van der Waals surface area contributed by atoms with Crippen LogP contribution in [0.2, 0.25) is 0 Å². The average Bonchev–Trinajstić information content (AvgIpc) is 2.66. The predicted molar refractivity (Wildman–Crippen MR) is 112 cm³/mol. The summed E-state index contributed by atoms with van der Waals surface area (Å²) < 4.78 is 0. The van der Waals surface area contributed by atoms with E-state index in [1.165, 1.54) is 0 Å². The molecule has 1 amide bonds. The molecule has 0 saturated carbocycles. The third-order valence-electron chi connectivity index (χ3n) is 5.78. The fourth-order valence-electron chi connectivity index (χ4n) is 4.53. The number of nitrogens with one attached hydrogen (secondary N) is 1. The molecule has 1 heterocycles. The summed E-state index contributed by atoms with van der Waals surface area (Å²) in [4.78, 5) is 15.3. The van der Waals surface area contributed by atoms with Gasteiger partial charge in [0.1, 0.15) is 0 Å². The van der Waals surface area contributed by atoms with Crippen LogP contribution in [0.25, 0.3) is 0 Å². The van der Waals surface area contributed by atoms with Crippen LogP contribution < -0.4 is 16.0 Å². The quantitative estimate of drug-likeness (QED) is 0.824. The molecule has 3 unspecified atom stereocenters. The van der Waals surface area contributed by atoms with Crippen molar-refractivity contribution < 1.29 is 4.79 Å². The Labute approximate surface area is 162 Å². The highest BCUT2D eigenvalue weighted by atomic mass is 16.1. The van der Waals surface area contributed by atoms with Crippen molar-refractivity contribution in [2.24, 2.45) is 5.73 Å². The van der Waals surface area contributed by atoms with E-state index >= 15 is 0 Å². The summed E-state index contributed by atoms with van der Waals surface area (Å²) >= 11 is 0. The van der Waals surface area contributed by atoms with Gasteiger partial charge in [-0.15, -0.1) is 0 Å². The van der Waals surface area contributed by atoms with Crippen LogP contribution in [0, 0.1) is 0 Å². The lowest BCUT2D eigenvalue weighted by Gasteiger charge is -2.42. The monoisotopic (exact) mass is 365 g/mol. The number of anilines is 1. The second-order valence-corrected chi connectivity index (χ2v) is 7.70. The molecule has 1 fully saturated rings. The summed E-state index contributed by atoms with van der Waals surface area (Å²) in [6, 6.07) is 19.2. The van der Waals surface area contributed by atoms with Crippen molar-refractivity contribution in [3.63, 3.8) is 0 Å². The van der Waals surface area contributed by atoms with Crippen molar-refractivity contribution in [1.82, 2.24) is 5.32 Å². The van der Waals surface area contributed by atoms with Crippen molar-refractivity contribution in [3.8, 4) is 0 Å². The first-order chi connectivity index (χ1) is 13.0. The third-order valence-corrected chi connectivity index (χ3v) is 5.78. The molecule has 2 aromatic rings. The Morgan fingerprint density at radius 2 is 1.70 bits per heavy atom. The van der Waals surface area contributed by atoms with E-state index in [0.717, 1.165) is 36.3 Å². The van der Waals surface area contributed by atoms with Crippen LogP contribution in [-0.4, -0.2) is 31.1 Å². The maximum Gasteiger partial charge on any atom is 0.232 e. The number of nitrogens with two attached hydrogens (primary N) is 1. The first-order valence-corrected chi connectivity index (χ1v) is 9.95. The molecule has 0 spiro atoms. The van der Waals surface area contributed by atoms with E-state index in [2.05, 4.69) is 55.3 Å². The second kappa shape index (κ2) is 8.13. The van der Waals surface area contributed by atoms with Crippen LogP contribution in [-0.2, 0) is 10.2 Å². The van der Waals surface area contributed by atoms with Crippen molar-refractivity contribution in [1.29, 1.82) is 0 Å². The molecule has 0 radical (unpaired) electrons. The molecule has 0 bridgehead atoms. The van der Waals surface area contributed by atoms with Gasteiger partial charge in [-0.1, -0.05) is 55.8 Å². The lowest BCUT2D eigenvalue weighted by molar-refractivity contribution is -0.122. The highest BCUT2D eigenvalue weighted by Gasteiger charge is 2.40. The molecule has 4 nitrogen and oxygen atoms in total. The fraction of sp³-hybridized carbons (Fsp3) is 0.435. The molecule has 1 aliphatic heterocycles. The predicted octanol–water partition coefficient (Wildman–Crippen LogP) is 3.44. The minimum atomic E-state index is -0.799. The molecule has 1 saturated heterocycles. The van der Waals surface area contributed by atoms with Crippen LogP contribution in [0.15, 0.2) is 54.6 Å². The highest BCUT2D eigenvalue weighted by molar-refractivity contribution is 5.91. The standard InChI is InChI=1S/C23H31N3O/c1-4-13-23(22(24)27,19-9-6-5-7-10-19)20-11-8-12-21(14-20)26-17(2)15-25-16-18(26)3/h5-12,14,17-18,25H,4,13,15-16H2,1-3H3,(H2,24,27). The molecule has 144 valence electrons. The van der Waals surface area contributed by atoms with Crippen LogP contribution in [0.4, 0.5) is 5.69 Å². The molecule has 3 rings (SSSR count). The van der Waals surface area contributed by atoms with Crippen LogP contribution in [0.5, 0.6) is 0 Å². The van der Waals surface area contributed by atoms with Gasteiger partial charge in [0.15, 0.2) is 0 Å². The number of piperazine rings is 1. The Kier molecular flexibility index (Phi) is 5.85. The molecule has 1 aliphatic rings. The van der Waals surface area contributed by atoms with Crippen molar-refractivity contribution in [2.75, 3.05) is 18.0 Å². The molecule has 27 heavy (non-hydrogen) atoms. The van der Waals surface area contributed by atoms with Crippen LogP contribution in [0.3, 0.4) is 0 Å². The number of nitrogens with zero attached hydrogens (tertiary/aromatic N) is 1. The van der Waals surface area contributed by atoms with Gasteiger partial charge in [-0.05, 0) is 43.5 Å². The van der Waals surface area contributed by atoms with E-state index in [-0.39, 0.29) is 5.91 Å². The maximum absolute atomic E-state index is 12.8. The topological polar surface area (TPSA) is 58.4 Å². The van der Waals surface area contributed by atoms with Gasteiger partial charge in [-0.25, -0.2) is 0 Å². The first-order valence-electron chi connectivity index (χ1n) is 9.95. The molecular formula is C23H31N3O. The lowest BCUT2D eigenvalue weighted by atomic mass is 9.70. The molecule has 0 aliphatic carbocycles. The zero-order valence-electron chi connectivity index (χ0n) is 16.6. The third kappa shape index (κ3) is 3.59. The van der Waals surface area contributed by atoms with Gasteiger partial charge in [-0.2, -0.15) is 0 Å². The number of carbonyl (C=O) groups is 1. The number of carbonyl (C=O) groups excluding carboxylic acids is 1. The molecule has 4 heteroatoms. The van der Waals surface area contributed by atoms with Crippen LogP contribution in [0.1, 0.15) is 44.7 Å². The number of rotatable bonds is 6. The Morgan fingerprint density at radius 1 is 1.07 bits per heavy atom. The van der Waals surface area contributed by atoms with E-state index in [1.54, 1.807) is 0 Å². The van der Waals surface area contributed by atoms with E-state index in [4.69, 9.17) is 5.73 Å². The molecule has 3 atom stereocenters. The van der Waals surface area contributed by atoms with Crippen LogP contribution >= 0.6 is 0 Å². The Bertz CT molecular complexity index is 766. The second-order valence-electron chi connectivity index (χ2n) is 7.70. The van der Waals surface area contributed by atoms with E-state index in [9.17, 15) is 4.79 Å². The number of hydrogen-bond acceptors (Lipinski definition) is 3. The summed E-state index contributed by atoms with van der Waals surface area (Å²) in [5.41, 5.74) is 8.36. The van der Waals surface area contributed by atoms with E-state index in [1.807, 2.05) is 30.3 Å². The van der Waals surface area contributed by atoms with E-state index in [0.29, 0.717) is 18.5 Å².